The van der Waals surface area contributed by atoms with Gasteiger partial charge in [0, 0.05) is 42.8 Å². The minimum absolute atomic E-state index is 0.262. The van der Waals surface area contributed by atoms with Crippen molar-refractivity contribution in [3.63, 3.8) is 0 Å². The first-order valence-corrected chi connectivity index (χ1v) is 13.5. The van der Waals surface area contributed by atoms with Crippen molar-refractivity contribution in [1.29, 1.82) is 0 Å². The minimum Gasteiger partial charge on any atom is -0.497 e. The molecule has 0 unspecified atom stereocenters. The molecule has 0 radical (unpaired) electrons. The number of likely N-dealkylation sites (tertiary alicyclic amines) is 1. The van der Waals surface area contributed by atoms with Crippen molar-refractivity contribution in [2.75, 3.05) is 32.6 Å². The molecule has 1 fully saturated rings. The smallest absolute Gasteiger partial charge is 0.410 e. The molecule has 40 heavy (non-hydrogen) atoms. The van der Waals surface area contributed by atoms with Crippen LogP contribution in [-0.4, -0.2) is 58.3 Å². The van der Waals surface area contributed by atoms with Crippen LogP contribution in [0.3, 0.4) is 0 Å². The molecule has 0 aliphatic carbocycles. The summed E-state index contributed by atoms with van der Waals surface area (Å²) in [6, 6.07) is 10.5. The third-order valence-corrected chi connectivity index (χ3v) is 7.12. The van der Waals surface area contributed by atoms with Gasteiger partial charge < -0.3 is 24.4 Å². The SMILES string of the molecule is COc1ccc(CNc2nc3c(F)cccc3c3nc(CC4CCN(C(=O)OC(C)(C)C)CC4)cn23)c(OC)c1. The number of piperidine rings is 1. The summed E-state index contributed by atoms with van der Waals surface area (Å²) in [4.78, 5) is 23.8. The van der Waals surface area contributed by atoms with Crippen molar-refractivity contribution in [3.05, 3.63) is 59.7 Å². The van der Waals surface area contributed by atoms with Gasteiger partial charge in [0.2, 0.25) is 5.95 Å². The molecule has 2 aromatic carbocycles. The Morgan fingerprint density at radius 2 is 1.88 bits per heavy atom. The van der Waals surface area contributed by atoms with Crippen LogP contribution in [0.1, 0.15) is 44.9 Å². The number of amides is 1. The molecule has 10 heteroatoms. The number of carbonyl (C=O) groups excluding carboxylic acids is 1. The summed E-state index contributed by atoms with van der Waals surface area (Å²) in [7, 11) is 3.22. The first-order chi connectivity index (χ1) is 19.1. The van der Waals surface area contributed by atoms with E-state index in [1.165, 1.54) is 6.07 Å². The van der Waals surface area contributed by atoms with Gasteiger partial charge in [0.25, 0.3) is 0 Å². The number of ether oxygens (including phenoxy) is 3. The highest BCUT2D eigenvalue weighted by Gasteiger charge is 2.27. The van der Waals surface area contributed by atoms with Crippen LogP contribution in [0.5, 0.6) is 11.5 Å². The van der Waals surface area contributed by atoms with Gasteiger partial charge in [0.1, 0.15) is 34.1 Å². The third kappa shape index (κ3) is 5.90. The number of para-hydroxylation sites is 1. The van der Waals surface area contributed by atoms with E-state index in [-0.39, 0.29) is 11.6 Å². The molecule has 4 aromatic rings. The minimum atomic E-state index is -0.509. The Balaban J connectivity index is 1.38. The summed E-state index contributed by atoms with van der Waals surface area (Å²) in [6.45, 7) is 7.34. The quantitative estimate of drug-likeness (QED) is 0.310. The Hall–Kier alpha value is -4.08. The normalized spacial score (nSPS) is 14.5. The molecule has 1 aliphatic rings. The van der Waals surface area contributed by atoms with Crippen LogP contribution < -0.4 is 14.8 Å². The molecule has 0 atom stereocenters. The van der Waals surface area contributed by atoms with Crippen molar-refractivity contribution in [2.45, 2.75) is 52.2 Å². The van der Waals surface area contributed by atoms with Crippen molar-refractivity contribution >= 4 is 28.6 Å². The fourth-order valence-electron chi connectivity index (χ4n) is 5.09. The van der Waals surface area contributed by atoms with E-state index in [2.05, 4.69) is 10.3 Å². The fraction of sp³-hybridized carbons (Fsp3) is 0.433. The van der Waals surface area contributed by atoms with E-state index in [1.54, 1.807) is 25.2 Å². The lowest BCUT2D eigenvalue weighted by molar-refractivity contribution is 0.0184. The number of nitrogens with one attached hydrogen (secondary N) is 1. The van der Waals surface area contributed by atoms with Crippen LogP contribution in [0, 0.1) is 11.7 Å². The average Bonchev–Trinajstić information content (AvgIpc) is 3.35. The number of hydrogen-bond acceptors (Lipinski definition) is 7. The van der Waals surface area contributed by atoms with E-state index in [9.17, 15) is 9.18 Å². The lowest BCUT2D eigenvalue weighted by atomic mass is 9.92. The molecule has 1 saturated heterocycles. The van der Waals surface area contributed by atoms with E-state index >= 15 is 0 Å². The number of aromatic nitrogens is 3. The number of methoxy groups -OCH3 is 2. The largest absolute Gasteiger partial charge is 0.497 e. The highest BCUT2D eigenvalue weighted by molar-refractivity contribution is 5.93. The molecule has 2 aromatic heterocycles. The van der Waals surface area contributed by atoms with Crippen molar-refractivity contribution in [1.82, 2.24) is 19.3 Å². The first kappa shape index (κ1) is 27.5. The highest BCUT2D eigenvalue weighted by Crippen LogP contribution is 2.29. The number of halogens is 1. The Labute approximate surface area is 233 Å². The summed E-state index contributed by atoms with van der Waals surface area (Å²) in [6.07, 6.45) is 4.20. The Kier molecular flexibility index (Phi) is 7.69. The molecular formula is C30H36FN5O4. The third-order valence-electron chi connectivity index (χ3n) is 7.12. The first-order valence-electron chi connectivity index (χ1n) is 13.5. The molecule has 3 heterocycles. The van der Waals surface area contributed by atoms with Crippen LogP contribution in [0.15, 0.2) is 42.6 Å². The van der Waals surface area contributed by atoms with Crippen LogP contribution in [0.4, 0.5) is 15.1 Å². The zero-order chi connectivity index (χ0) is 28.4. The van der Waals surface area contributed by atoms with Gasteiger partial charge in [-0.15, -0.1) is 0 Å². The Morgan fingerprint density at radius 3 is 2.58 bits per heavy atom. The molecule has 0 saturated carbocycles. The number of anilines is 1. The van der Waals surface area contributed by atoms with E-state index in [0.717, 1.165) is 30.5 Å². The van der Waals surface area contributed by atoms with Gasteiger partial charge in [-0.1, -0.05) is 6.07 Å². The van der Waals surface area contributed by atoms with Crippen LogP contribution in [0.2, 0.25) is 0 Å². The van der Waals surface area contributed by atoms with Crippen molar-refractivity contribution in [3.8, 4) is 11.5 Å². The lowest BCUT2D eigenvalue weighted by Crippen LogP contribution is -2.42. The number of nitrogens with zero attached hydrogens (tertiary/aromatic N) is 4. The van der Waals surface area contributed by atoms with Gasteiger partial charge in [-0.2, -0.15) is 0 Å². The van der Waals surface area contributed by atoms with Crippen molar-refractivity contribution < 1.29 is 23.4 Å². The van der Waals surface area contributed by atoms with E-state index in [0.29, 0.717) is 54.0 Å². The van der Waals surface area contributed by atoms with E-state index in [1.807, 2.05) is 55.6 Å². The summed E-state index contributed by atoms with van der Waals surface area (Å²) in [5.74, 6) is 1.84. The number of fused-ring (bicyclic) bond motifs is 3. The van der Waals surface area contributed by atoms with Gasteiger partial charge in [0.05, 0.1) is 19.9 Å². The second kappa shape index (κ2) is 11.2. The van der Waals surface area contributed by atoms with Crippen LogP contribution >= 0.6 is 0 Å². The van der Waals surface area contributed by atoms with Crippen molar-refractivity contribution in [2.24, 2.45) is 5.92 Å². The maximum Gasteiger partial charge on any atom is 0.410 e. The standard InChI is InChI=1S/C30H36FN5O4/c1-30(2,3)40-29(37)35-13-11-19(12-14-35)15-21-18-36-27(33-21)23-7-6-8-24(31)26(23)34-28(36)32-17-20-9-10-22(38-4)16-25(20)39-5/h6-10,16,18-19H,11-15,17H2,1-5H3,(H,32,34). The number of benzene rings is 2. The predicted octanol–water partition coefficient (Wildman–Crippen LogP) is 5.84. The molecule has 5 rings (SSSR count). The number of carbonyl (C=O) groups is 1. The number of imidazole rings is 1. The molecule has 1 N–H and O–H groups in total. The zero-order valence-electron chi connectivity index (χ0n) is 23.7. The lowest BCUT2D eigenvalue weighted by Gasteiger charge is -2.33. The molecular weight excluding hydrogens is 513 g/mol. The van der Waals surface area contributed by atoms with Crippen LogP contribution in [-0.2, 0) is 17.7 Å². The van der Waals surface area contributed by atoms with E-state index in [4.69, 9.17) is 19.2 Å². The summed E-state index contributed by atoms with van der Waals surface area (Å²) in [5.41, 5.74) is 2.21. The summed E-state index contributed by atoms with van der Waals surface area (Å²) < 4.78 is 33.1. The summed E-state index contributed by atoms with van der Waals surface area (Å²) in [5, 5.41) is 4.01. The molecule has 0 bridgehead atoms. The number of hydrogen-bond donors (Lipinski definition) is 1. The average molecular weight is 550 g/mol. The maximum atomic E-state index is 14.8. The van der Waals surface area contributed by atoms with Gasteiger partial charge >= 0.3 is 6.09 Å². The molecule has 1 amide bonds. The highest BCUT2D eigenvalue weighted by atomic mass is 19.1. The Bertz CT molecular complexity index is 1520. The monoisotopic (exact) mass is 549 g/mol. The molecule has 212 valence electrons. The zero-order valence-corrected chi connectivity index (χ0v) is 23.7. The summed E-state index contributed by atoms with van der Waals surface area (Å²) >= 11 is 0. The number of rotatable bonds is 7. The maximum absolute atomic E-state index is 14.8. The van der Waals surface area contributed by atoms with Gasteiger partial charge in [0.15, 0.2) is 0 Å². The topological polar surface area (TPSA) is 90.2 Å². The second-order valence-corrected chi connectivity index (χ2v) is 11.1. The Morgan fingerprint density at radius 1 is 1.10 bits per heavy atom. The predicted molar refractivity (Wildman–Crippen MR) is 152 cm³/mol. The molecule has 9 nitrogen and oxygen atoms in total. The van der Waals surface area contributed by atoms with Gasteiger partial charge in [-0.05, 0) is 70.2 Å². The van der Waals surface area contributed by atoms with Crippen LogP contribution in [0.25, 0.3) is 16.6 Å². The van der Waals surface area contributed by atoms with E-state index < -0.39 is 11.4 Å². The van der Waals surface area contributed by atoms with Gasteiger partial charge in [-0.25, -0.2) is 19.2 Å². The molecule has 0 spiro atoms. The fourth-order valence-corrected chi connectivity index (χ4v) is 5.09. The second-order valence-electron chi connectivity index (χ2n) is 11.1. The van der Waals surface area contributed by atoms with Gasteiger partial charge in [-0.3, -0.25) is 4.40 Å². The molecule has 1 aliphatic heterocycles.